The highest BCUT2D eigenvalue weighted by Gasteiger charge is 2.28. The molecule has 144 valence electrons. The van der Waals surface area contributed by atoms with Gasteiger partial charge in [-0.15, -0.1) is 0 Å². The van der Waals surface area contributed by atoms with E-state index in [1.165, 1.54) is 0 Å². The second-order valence-corrected chi connectivity index (χ2v) is 7.15. The maximum absolute atomic E-state index is 11.1. The number of benzene rings is 1. The average molecular weight is 369 g/mol. The van der Waals surface area contributed by atoms with Crippen molar-refractivity contribution < 1.29 is 9.53 Å². The Bertz CT molecular complexity index is 763. The number of aromatic nitrogens is 2. The number of nitrogens with zero attached hydrogens (tertiary/aromatic N) is 2. The quantitative estimate of drug-likeness (QED) is 0.694. The van der Waals surface area contributed by atoms with E-state index in [4.69, 9.17) is 10.5 Å². The molecule has 1 aromatic heterocycles. The molecule has 0 saturated carbocycles. The molecule has 2 atom stereocenters. The van der Waals surface area contributed by atoms with Crippen LogP contribution in [0.5, 0.6) is 0 Å². The van der Waals surface area contributed by atoms with Crippen LogP contribution in [-0.4, -0.2) is 34.6 Å². The van der Waals surface area contributed by atoms with Crippen LogP contribution < -0.4 is 16.4 Å². The Morgan fingerprint density at radius 1 is 1.30 bits per heavy atom. The molecule has 0 aliphatic carbocycles. The zero-order valence-corrected chi connectivity index (χ0v) is 15.8. The lowest BCUT2D eigenvalue weighted by molar-refractivity contribution is -0.0203. The van der Waals surface area contributed by atoms with Crippen molar-refractivity contribution in [1.82, 2.24) is 9.97 Å². The third-order valence-electron chi connectivity index (χ3n) is 4.70. The van der Waals surface area contributed by atoms with Gasteiger partial charge in [-0.2, -0.15) is 4.98 Å². The van der Waals surface area contributed by atoms with Crippen molar-refractivity contribution in [2.45, 2.75) is 45.4 Å². The Balaban J connectivity index is 1.60. The molecule has 7 nitrogen and oxygen atoms in total. The van der Waals surface area contributed by atoms with Gasteiger partial charge in [-0.3, -0.25) is 4.79 Å². The summed E-state index contributed by atoms with van der Waals surface area (Å²) < 4.78 is 5.93. The van der Waals surface area contributed by atoms with E-state index in [-0.39, 0.29) is 12.1 Å². The van der Waals surface area contributed by atoms with Crippen molar-refractivity contribution in [3.05, 3.63) is 47.7 Å². The number of rotatable bonds is 7. The number of carbonyl (C=O) groups is 1. The molecule has 1 amide bonds. The van der Waals surface area contributed by atoms with E-state index in [1.54, 1.807) is 18.3 Å². The maximum Gasteiger partial charge on any atom is 0.248 e. The van der Waals surface area contributed by atoms with Crippen molar-refractivity contribution in [2.24, 2.45) is 11.7 Å². The number of primary amides is 1. The lowest BCUT2D eigenvalue weighted by Gasteiger charge is -2.35. The van der Waals surface area contributed by atoms with E-state index in [2.05, 4.69) is 34.4 Å². The van der Waals surface area contributed by atoms with Crippen LogP contribution in [0.1, 0.15) is 42.6 Å². The van der Waals surface area contributed by atoms with Gasteiger partial charge in [-0.25, -0.2) is 4.98 Å². The van der Waals surface area contributed by atoms with Crippen LogP contribution in [0, 0.1) is 5.92 Å². The Hall–Kier alpha value is -2.67. The van der Waals surface area contributed by atoms with Gasteiger partial charge in [0.15, 0.2) is 0 Å². The number of amides is 1. The van der Waals surface area contributed by atoms with E-state index in [1.807, 2.05) is 18.2 Å². The number of nitrogens with one attached hydrogen (secondary N) is 2. The van der Waals surface area contributed by atoms with Crippen LogP contribution in [-0.2, 0) is 11.3 Å². The minimum atomic E-state index is -0.428. The van der Waals surface area contributed by atoms with Gasteiger partial charge in [0, 0.05) is 24.9 Å². The molecule has 27 heavy (non-hydrogen) atoms. The van der Waals surface area contributed by atoms with Gasteiger partial charge in [0.05, 0.1) is 12.1 Å². The summed E-state index contributed by atoms with van der Waals surface area (Å²) in [4.78, 5) is 20.0. The fourth-order valence-electron chi connectivity index (χ4n) is 3.30. The summed E-state index contributed by atoms with van der Waals surface area (Å²) in [5, 5.41) is 6.71. The topological polar surface area (TPSA) is 102 Å². The first-order valence-electron chi connectivity index (χ1n) is 9.36. The molecule has 2 heterocycles. The molecule has 7 heteroatoms. The Kier molecular flexibility index (Phi) is 6.24. The van der Waals surface area contributed by atoms with Gasteiger partial charge in [0.25, 0.3) is 0 Å². The van der Waals surface area contributed by atoms with Gasteiger partial charge in [-0.05, 0) is 42.5 Å². The van der Waals surface area contributed by atoms with E-state index in [0.717, 1.165) is 30.8 Å². The summed E-state index contributed by atoms with van der Waals surface area (Å²) in [7, 11) is 0. The molecular weight excluding hydrogens is 342 g/mol. The summed E-state index contributed by atoms with van der Waals surface area (Å²) in [5.74, 6) is 1.36. The van der Waals surface area contributed by atoms with Gasteiger partial charge < -0.3 is 21.1 Å². The molecule has 1 aliphatic heterocycles. The van der Waals surface area contributed by atoms with Crippen molar-refractivity contribution >= 4 is 17.7 Å². The molecule has 1 fully saturated rings. The smallest absolute Gasteiger partial charge is 0.248 e. The Morgan fingerprint density at radius 3 is 2.78 bits per heavy atom. The number of ether oxygens (including phenoxy) is 1. The lowest BCUT2D eigenvalue weighted by Crippen LogP contribution is -2.43. The number of hydrogen-bond acceptors (Lipinski definition) is 6. The maximum atomic E-state index is 11.1. The predicted molar refractivity (Wildman–Crippen MR) is 106 cm³/mol. The normalized spacial score (nSPS) is 19.7. The predicted octanol–water partition coefficient (Wildman–Crippen LogP) is 2.80. The van der Waals surface area contributed by atoms with Crippen molar-refractivity contribution in [3.63, 3.8) is 0 Å². The van der Waals surface area contributed by atoms with Crippen LogP contribution >= 0.6 is 0 Å². The number of anilines is 2. The summed E-state index contributed by atoms with van der Waals surface area (Å²) in [5.41, 5.74) is 6.77. The summed E-state index contributed by atoms with van der Waals surface area (Å²) in [6.07, 6.45) is 4.05. The number of hydrogen-bond donors (Lipinski definition) is 3. The SMILES string of the molecule is CC(C)[C@@H]1OCCC[C@@H]1Nc1ccnc(NCc2ccc(C(N)=O)cc2)n1. The first-order valence-corrected chi connectivity index (χ1v) is 9.36. The molecule has 4 N–H and O–H groups in total. The second kappa shape index (κ2) is 8.81. The number of carbonyl (C=O) groups excluding carboxylic acids is 1. The van der Waals surface area contributed by atoms with E-state index < -0.39 is 5.91 Å². The third kappa shape index (κ3) is 5.17. The van der Waals surface area contributed by atoms with Crippen LogP contribution in [0.2, 0.25) is 0 Å². The molecule has 1 saturated heterocycles. The van der Waals surface area contributed by atoms with Crippen molar-refractivity contribution in [2.75, 3.05) is 17.2 Å². The molecular formula is C20H27N5O2. The monoisotopic (exact) mass is 369 g/mol. The Labute approximate surface area is 159 Å². The molecule has 0 unspecified atom stereocenters. The first-order chi connectivity index (χ1) is 13.0. The third-order valence-corrected chi connectivity index (χ3v) is 4.70. The largest absolute Gasteiger partial charge is 0.376 e. The summed E-state index contributed by atoms with van der Waals surface area (Å²) in [6, 6.07) is 9.28. The van der Waals surface area contributed by atoms with Gasteiger partial charge in [0.2, 0.25) is 11.9 Å². The average Bonchev–Trinajstić information content (AvgIpc) is 2.67. The van der Waals surface area contributed by atoms with Gasteiger partial charge >= 0.3 is 0 Å². The molecule has 1 aromatic carbocycles. The van der Waals surface area contributed by atoms with Crippen LogP contribution in [0.15, 0.2) is 36.5 Å². The molecule has 2 aromatic rings. The first kappa shape index (κ1) is 19.1. The molecule has 0 spiro atoms. The van der Waals surface area contributed by atoms with Crippen LogP contribution in [0.4, 0.5) is 11.8 Å². The van der Waals surface area contributed by atoms with Crippen LogP contribution in [0.3, 0.4) is 0 Å². The Morgan fingerprint density at radius 2 is 2.07 bits per heavy atom. The van der Waals surface area contributed by atoms with Gasteiger partial charge in [-0.1, -0.05) is 26.0 Å². The van der Waals surface area contributed by atoms with Crippen LogP contribution in [0.25, 0.3) is 0 Å². The molecule has 1 aliphatic rings. The highest BCUT2D eigenvalue weighted by atomic mass is 16.5. The fourth-order valence-corrected chi connectivity index (χ4v) is 3.30. The molecule has 0 radical (unpaired) electrons. The highest BCUT2D eigenvalue weighted by molar-refractivity contribution is 5.92. The zero-order valence-electron chi connectivity index (χ0n) is 15.8. The van der Waals surface area contributed by atoms with E-state index in [9.17, 15) is 4.79 Å². The summed E-state index contributed by atoms with van der Waals surface area (Å²) in [6.45, 7) is 5.75. The number of nitrogens with two attached hydrogens (primary N) is 1. The molecule has 0 bridgehead atoms. The summed E-state index contributed by atoms with van der Waals surface area (Å²) >= 11 is 0. The minimum Gasteiger partial charge on any atom is -0.376 e. The lowest BCUT2D eigenvalue weighted by atomic mass is 9.94. The van der Waals surface area contributed by atoms with Crippen molar-refractivity contribution in [3.8, 4) is 0 Å². The fraction of sp³-hybridized carbons (Fsp3) is 0.450. The van der Waals surface area contributed by atoms with Crippen molar-refractivity contribution in [1.29, 1.82) is 0 Å². The second-order valence-electron chi connectivity index (χ2n) is 7.15. The zero-order chi connectivity index (χ0) is 19.2. The molecule has 3 rings (SSSR count). The van der Waals surface area contributed by atoms with E-state index in [0.29, 0.717) is 24.0 Å². The van der Waals surface area contributed by atoms with Gasteiger partial charge in [0.1, 0.15) is 5.82 Å². The van der Waals surface area contributed by atoms with E-state index >= 15 is 0 Å². The standard InChI is InChI=1S/C20H27N5O2/c1-13(2)18-16(4-3-11-27-18)24-17-9-10-22-20(25-17)23-12-14-5-7-15(8-6-14)19(21)26/h5-10,13,16,18H,3-4,11-12H2,1-2H3,(H2,21,26)(H2,22,23,24,25)/t16-,18-/m0/s1. The highest BCUT2D eigenvalue weighted by Crippen LogP contribution is 2.23. The minimum absolute atomic E-state index is 0.189.